The number of fused-ring (bicyclic) bond motifs is 2. The molecular formula is C26H30ClN5O. The zero-order valence-electron chi connectivity index (χ0n) is 18.9. The molecule has 1 saturated heterocycles. The Bertz CT molecular complexity index is 1150. The SMILES string of the molecule is CN1CCC(=C2c3ccc(Cl)cc3CCC3=C(ON(N)c4ccccc4N)C=CNC32)CC1. The molecule has 3 aliphatic rings. The lowest BCUT2D eigenvalue weighted by Gasteiger charge is -2.33. The van der Waals surface area contributed by atoms with Gasteiger partial charge in [0.25, 0.3) is 0 Å². The van der Waals surface area contributed by atoms with Gasteiger partial charge in [0, 0.05) is 29.9 Å². The molecule has 1 fully saturated rings. The summed E-state index contributed by atoms with van der Waals surface area (Å²) in [6.45, 7) is 2.13. The number of hydrazine groups is 1. The van der Waals surface area contributed by atoms with Gasteiger partial charge in [-0.15, -0.1) is 5.17 Å². The number of nitrogen functional groups attached to an aromatic ring is 1. The first-order valence-corrected chi connectivity index (χ1v) is 11.8. The number of rotatable bonds is 3. The molecule has 1 atom stereocenters. The molecule has 0 spiro atoms. The van der Waals surface area contributed by atoms with Crippen LogP contribution in [0.2, 0.25) is 5.02 Å². The minimum Gasteiger partial charge on any atom is -0.397 e. The monoisotopic (exact) mass is 463 g/mol. The summed E-state index contributed by atoms with van der Waals surface area (Å²) in [6, 6.07) is 13.8. The molecule has 33 heavy (non-hydrogen) atoms. The van der Waals surface area contributed by atoms with E-state index in [-0.39, 0.29) is 6.04 Å². The van der Waals surface area contributed by atoms with E-state index in [0.29, 0.717) is 11.4 Å². The standard InChI is InChI=1S/C26H30ClN5O/c1-31-14-11-17(12-15-31)25-20-9-7-19(27)16-18(20)6-8-21-24(10-13-30-26(21)25)33-32(29)23-5-3-2-4-22(23)28/h2-5,7,9-10,13,16,26,30H,6,8,11-12,14-15,28-29H2,1H3. The molecule has 5 N–H and O–H groups in total. The summed E-state index contributed by atoms with van der Waals surface area (Å²) in [5, 5.41) is 5.66. The molecule has 2 aromatic rings. The summed E-state index contributed by atoms with van der Waals surface area (Å²) < 4.78 is 0. The smallest absolute Gasteiger partial charge is 0.160 e. The fraction of sp³-hybridized carbons (Fsp3) is 0.308. The quantitative estimate of drug-likeness (QED) is 0.355. The molecule has 1 aliphatic carbocycles. The van der Waals surface area contributed by atoms with Crippen LogP contribution in [-0.2, 0) is 11.3 Å². The number of anilines is 2. The van der Waals surface area contributed by atoms with Crippen LogP contribution in [0.4, 0.5) is 11.4 Å². The van der Waals surface area contributed by atoms with Crippen LogP contribution >= 0.6 is 11.6 Å². The van der Waals surface area contributed by atoms with E-state index in [1.807, 2.05) is 42.6 Å². The van der Waals surface area contributed by atoms with Gasteiger partial charge in [0.05, 0.1) is 11.7 Å². The molecule has 0 amide bonds. The van der Waals surface area contributed by atoms with Gasteiger partial charge >= 0.3 is 0 Å². The van der Waals surface area contributed by atoms with Gasteiger partial charge < -0.3 is 20.8 Å². The van der Waals surface area contributed by atoms with Crippen molar-refractivity contribution in [3.63, 3.8) is 0 Å². The van der Waals surface area contributed by atoms with Crippen molar-refractivity contribution >= 4 is 28.5 Å². The van der Waals surface area contributed by atoms with Gasteiger partial charge in [-0.3, -0.25) is 0 Å². The minimum atomic E-state index is 0.0346. The lowest BCUT2D eigenvalue weighted by Crippen LogP contribution is -2.37. The number of halogens is 1. The third-order valence-corrected chi connectivity index (χ3v) is 7.05. The molecule has 172 valence electrons. The largest absolute Gasteiger partial charge is 0.397 e. The lowest BCUT2D eigenvalue weighted by atomic mass is 9.84. The Hall–Kier alpha value is -2.93. The highest BCUT2D eigenvalue weighted by Gasteiger charge is 2.33. The normalized spacial score (nSPS) is 20.6. The lowest BCUT2D eigenvalue weighted by molar-refractivity contribution is 0.187. The summed E-state index contributed by atoms with van der Waals surface area (Å²) in [5.41, 5.74) is 13.9. The number of para-hydroxylation sites is 2. The van der Waals surface area contributed by atoms with E-state index >= 15 is 0 Å². The number of benzene rings is 2. The third-order valence-electron chi connectivity index (χ3n) is 6.81. The van der Waals surface area contributed by atoms with E-state index in [2.05, 4.69) is 29.4 Å². The van der Waals surface area contributed by atoms with E-state index in [1.165, 1.54) is 33.0 Å². The van der Waals surface area contributed by atoms with Crippen molar-refractivity contribution in [2.75, 3.05) is 31.0 Å². The molecule has 2 heterocycles. The average molecular weight is 464 g/mol. The molecule has 6 nitrogen and oxygen atoms in total. The summed E-state index contributed by atoms with van der Waals surface area (Å²) in [7, 11) is 2.19. The van der Waals surface area contributed by atoms with Gasteiger partial charge in [0.1, 0.15) is 5.69 Å². The number of allylic oxidation sites excluding steroid dienone is 1. The molecule has 2 aliphatic heterocycles. The van der Waals surface area contributed by atoms with E-state index in [1.54, 1.807) is 0 Å². The van der Waals surface area contributed by atoms with Crippen LogP contribution in [0.5, 0.6) is 0 Å². The molecule has 0 bridgehead atoms. The van der Waals surface area contributed by atoms with Crippen LogP contribution < -0.4 is 22.1 Å². The highest BCUT2D eigenvalue weighted by molar-refractivity contribution is 6.30. The molecule has 0 aromatic heterocycles. The van der Waals surface area contributed by atoms with Crippen LogP contribution in [0.25, 0.3) is 5.57 Å². The average Bonchev–Trinajstić information content (AvgIpc) is 2.97. The van der Waals surface area contributed by atoms with Crippen LogP contribution in [-0.4, -0.2) is 31.1 Å². The third kappa shape index (κ3) is 4.34. The van der Waals surface area contributed by atoms with Gasteiger partial charge in [0.2, 0.25) is 0 Å². The highest BCUT2D eigenvalue weighted by Crippen LogP contribution is 2.41. The maximum Gasteiger partial charge on any atom is 0.160 e. The topological polar surface area (TPSA) is 79.8 Å². The maximum atomic E-state index is 6.39. The van der Waals surface area contributed by atoms with Crippen molar-refractivity contribution in [2.45, 2.75) is 31.7 Å². The van der Waals surface area contributed by atoms with E-state index in [9.17, 15) is 0 Å². The van der Waals surface area contributed by atoms with Gasteiger partial charge in [-0.2, -0.15) is 0 Å². The van der Waals surface area contributed by atoms with Gasteiger partial charge in [0.15, 0.2) is 5.76 Å². The summed E-state index contributed by atoms with van der Waals surface area (Å²) in [6.07, 6.45) is 7.76. The second-order valence-electron chi connectivity index (χ2n) is 8.92. The number of aryl methyl sites for hydroxylation is 1. The van der Waals surface area contributed by atoms with Gasteiger partial charge in [-0.05, 0) is 79.8 Å². The van der Waals surface area contributed by atoms with Crippen molar-refractivity contribution in [1.29, 1.82) is 0 Å². The Balaban J connectivity index is 1.57. The van der Waals surface area contributed by atoms with Crippen molar-refractivity contribution in [3.8, 4) is 0 Å². The van der Waals surface area contributed by atoms with Crippen LogP contribution in [0.1, 0.15) is 30.4 Å². The molecule has 5 rings (SSSR count). The number of nitrogens with one attached hydrogen (secondary N) is 1. The number of piperidine rings is 1. The summed E-state index contributed by atoms with van der Waals surface area (Å²) >= 11 is 6.39. The highest BCUT2D eigenvalue weighted by atomic mass is 35.5. The second-order valence-corrected chi connectivity index (χ2v) is 9.36. The summed E-state index contributed by atoms with van der Waals surface area (Å²) in [4.78, 5) is 8.57. The number of nitrogens with zero attached hydrogens (tertiary/aromatic N) is 2. The van der Waals surface area contributed by atoms with Crippen molar-refractivity contribution in [1.82, 2.24) is 10.2 Å². The molecule has 2 aromatic carbocycles. The Labute approximate surface area is 200 Å². The van der Waals surface area contributed by atoms with E-state index in [0.717, 1.165) is 49.6 Å². The first-order chi connectivity index (χ1) is 16.0. The van der Waals surface area contributed by atoms with E-state index < -0.39 is 0 Å². The number of nitrogens with two attached hydrogens (primary N) is 2. The number of hydrogen-bond donors (Lipinski definition) is 3. The zero-order valence-corrected chi connectivity index (χ0v) is 19.6. The van der Waals surface area contributed by atoms with Crippen LogP contribution in [0.15, 0.2) is 71.6 Å². The fourth-order valence-corrected chi connectivity index (χ4v) is 5.23. The van der Waals surface area contributed by atoms with Crippen molar-refractivity contribution < 1.29 is 4.84 Å². The van der Waals surface area contributed by atoms with E-state index in [4.69, 9.17) is 28.0 Å². The molecule has 0 saturated carbocycles. The Morgan fingerprint density at radius 1 is 1.09 bits per heavy atom. The van der Waals surface area contributed by atoms with Gasteiger partial charge in [-0.1, -0.05) is 35.4 Å². The van der Waals surface area contributed by atoms with Crippen molar-refractivity contribution in [3.05, 3.63) is 87.8 Å². The first-order valence-electron chi connectivity index (χ1n) is 11.4. The fourth-order valence-electron chi connectivity index (χ4n) is 5.04. The Morgan fingerprint density at radius 3 is 2.67 bits per heavy atom. The van der Waals surface area contributed by atoms with Crippen molar-refractivity contribution in [2.24, 2.45) is 5.84 Å². The molecule has 7 heteroatoms. The Kier molecular flexibility index (Phi) is 6.06. The number of dihydropyridines is 1. The number of likely N-dealkylation sites (tertiary alicyclic amines) is 1. The maximum absolute atomic E-state index is 6.39. The van der Waals surface area contributed by atoms with Crippen LogP contribution in [0.3, 0.4) is 0 Å². The van der Waals surface area contributed by atoms with Crippen LogP contribution in [0, 0.1) is 0 Å². The minimum absolute atomic E-state index is 0.0346. The molecular weight excluding hydrogens is 434 g/mol. The predicted octanol–water partition coefficient (Wildman–Crippen LogP) is 4.40. The van der Waals surface area contributed by atoms with Gasteiger partial charge in [-0.25, -0.2) is 5.84 Å². The second kappa shape index (κ2) is 9.14. The first kappa shape index (κ1) is 21.9. The molecule has 1 unspecified atom stereocenters. The zero-order chi connectivity index (χ0) is 22.9. The Morgan fingerprint density at radius 2 is 1.88 bits per heavy atom. The summed E-state index contributed by atoms with van der Waals surface area (Å²) in [5.74, 6) is 7.05. The predicted molar refractivity (Wildman–Crippen MR) is 135 cm³/mol. The molecule has 0 radical (unpaired) electrons. The number of hydrogen-bond acceptors (Lipinski definition) is 6.